The van der Waals surface area contributed by atoms with Crippen LogP contribution in [0.15, 0.2) is 66.9 Å². The van der Waals surface area contributed by atoms with Gasteiger partial charge in [0.25, 0.3) is 5.91 Å². The molecule has 162 valence electrons. The van der Waals surface area contributed by atoms with Crippen LogP contribution in [0.3, 0.4) is 0 Å². The molecule has 1 aromatic heterocycles. The summed E-state index contributed by atoms with van der Waals surface area (Å²) < 4.78 is 5.67. The fourth-order valence-electron chi connectivity index (χ4n) is 3.06. The van der Waals surface area contributed by atoms with Crippen LogP contribution in [-0.4, -0.2) is 40.3 Å². The van der Waals surface area contributed by atoms with Gasteiger partial charge in [-0.25, -0.2) is 4.98 Å². The van der Waals surface area contributed by atoms with E-state index in [-0.39, 0.29) is 30.6 Å². The van der Waals surface area contributed by atoms with Crippen molar-refractivity contribution in [2.75, 3.05) is 13.2 Å². The predicted octanol–water partition coefficient (Wildman–Crippen LogP) is 2.85. The first-order valence-corrected chi connectivity index (χ1v) is 10.1. The highest BCUT2D eigenvalue weighted by Crippen LogP contribution is 2.23. The summed E-state index contributed by atoms with van der Waals surface area (Å²) in [7, 11) is 0. The second kappa shape index (κ2) is 10.9. The minimum atomic E-state index is -0.735. The number of carbonyl (C=O) groups excluding carboxylic acids is 1. The summed E-state index contributed by atoms with van der Waals surface area (Å²) >= 11 is 5.97. The Morgan fingerprint density at radius 1 is 1.16 bits per heavy atom. The van der Waals surface area contributed by atoms with Gasteiger partial charge in [-0.15, -0.1) is 0 Å². The summed E-state index contributed by atoms with van der Waals surface area (Å²) in [5.74, 6) is 0.0408. The van der Waals surface area contributed by atoms with E-state index in [9.17, 15) is 15.0 Å². The molecule has 0 spiro atoms. The molecule has 0 radical (unpaired) electrons. The minimum Gasteiger partial charge on any atom is -0.438 e. The van der Waals surface area contributed by atoms with Gasteiger partial charge in [-0.2, -0.15) is 0 Å². The summed E-state index contributed by atoms with van der Waals surface area (Å²) in [6, 6.07) is 17.2. The third-order valence-corrected chi connectivity index (χ3v) is 4.95. The van der Waals surface area contributed by atoms with E-state index in [1.807, 2.05) is 12.1 Å². The van der Waals surface area contributed by atoms with Crippen LogP contribution in [0.1, 0.15) is 27.6 Å². The standard InChI is InChI=1S/C23H24ClN3O4/c24-17-4-1-3-16(12-17)21(29)13-27-18(14-28)11-15-6-8-19(9-7-15)31-23-20(22(25)30)5-2-10-26-23/h1-10,12,18,21,27-29H,11,13-14H2,(H2,25,30). The Bertz CT molecular complexity index is 1010. The van der Waals surface area contributed by atoms with Gasteiger partial charge in [0.1, 0.15) is 11.3 Å². The molecule has 7 nitrogen and oxygen atoms in total. The van der Waals surface area contributed by atoms with Crippen LogP contribution in [0.5, 0.6) is 11.6 Å². The number of hydrogen-bond donors (Lipinski definition) is 4. The molecule has 0 bridgehead atoms. The normalized spacial score (nSPS) is 12.9. The zero-order valence-corrected chi connectivity index (χ0v) is 17.5. The Kier molecular flexibility index (Phi) is 7.97. The first-order chi connectivity index (χ1) is 15.0. The number of aromatic nitrogens is 1. The lowest BCUT2D eigenvalue weighted by atomic mass is 10.1. The van der Waals surface area contributed by atoms with Crippen molar-refractivity contribution < 1.29 is 19.7 Å². The number of benzene rings is 2. The number of primary amides is 1. The van der Waals surface area contributed by atoms with Crippen LogP contribution in [0.25, 0.3) is 0 Å². The quantitative estimate of drug-likeness (QED) is 0.384. The first kappa shape index (κ1) is 22.7. The lowest BCUT2D eigenvalue weighted by Gasteiger charge is -2.19. The van der Waals surface area contributed by atoms with E-state index < -0.39 is 12.0 Å². The highest BCUT2D eigenvalue weighted by molar-refractivity contribution is 6.30. The molecule has 8 heteroatoms. The Hall–Kier alpha value is -2.97. The van der Waals surface area contributed by atoms with E-state index in [0.29, 0.717) is 22.8 Å². The van der Waals surface area contributed by atoms with Crippen molar-refractivity contribution in [2.24, 2.45) is 5.73 Å². The molecular weight excluding hydrogens is 418 g/mol. The van der Waals surface area contributed by atoms with Crippen molar-refractivity contribution in [2.45, 2.75) is 18.6 Å². The summed E-state index contributed by atoms with van der Waals surface area (Å²) in [6.07, 6.45) is 1.34. The molecule has 31 heavy (non-hydrogen) atoms. The zero-order chi connectivity index (χ0) is 22.2. The lowest BCUT2D eigenvalue weighted by molar-refractivity contribution is 0.0997. The van der Waals surface area contributed by atoms with Crippen molar-refractivity contribution in [3.05, 3.63) is 88.6 Å². The number of nitrogens with zero attached hydrogens (tertiary/aromatic N) is 1. The van der Waals surface area contributed by atoms with Crippen LogP contribution in [0.2, 0.25) is 5.02 Å². The summed E-state index contributed by atoms with van der Waals surface area (Å²) in [4.78, 5) is 15.5. The van der Waals surface area contributed by atoms with Gasteiger partial charge in [-0.1, -0.05) is 35.9 Å². The third-order valence-electron chi connectivity index (χ3n) is 4.71. The van der Waals surface area contributed by atoms with E-state index in [1.165, 1.54) is 6.20 Å². The van der Waals surface area contributed by atoms with Crippen LogP contribution >= 0.6 is 11.6 Å². The molecule has 3 rings (SSSR count). The molecule has 0 fully saturated rings. The van der Waals surface area contributed by atoms with Gasteiger partial charge in [-0.05, 0) is 53.9 Å². The maximum Gasteiger partial charge on any atom is 0.254 e. The Labute approximate surface area is 185 Å². The number of nitrogens with two attached hydrogens (primary N) is 1. The number of halogens is 1. The number of ether oxygens (including phenoxy) is 1. The fourth-order valence-corrected chi connectivity index (χ4v) is 3.26. The molecule has 2 aromatic carbocycles. The monoisotopic (exact) mass is 441 g/mol. The molecule has 5 N–H and O–H groups in total. The largest absolute Gasteiger partial charge is 0.438 e. The number of aliphatic hydroxyl groups excluding tert-OH is 2. The van der Waals surface area contributed by atoms with E-state index in [2.05, 4.69) is 10.3 Å². The molecule has 0 saturated carbocycles. The van der Waals surface area contributed by atoms with E-state index >= 15 is 0 Å². The first-order valence-electron chi connectivity index (χ1n) is 9.75. The summed E-state index contributed by atoms with van der Waals surface area (Å²) in [5, 5.41) is 23.8. The van der Waals surface area contributed by atoms with E-state index in [4.69, 9.17) is 22.1 Å². The Balaban J connectivity index is 1.57. The molecule has 0 aliphatic carbocycles. The van der Waals surface area contributed by atoms with Gasteiger partial charge in [0, 0.05) is 23.8 Å². The van der Waals surface area contributed by atoms with Gasteiger partial charge in [0.15, 0.2) is 0 Å². The topological polar surface area (TPSA) is 118 Å². The number of rotatable bonds is 10. The highest BCUT2D eigenvalue weighted by Gasteiger charge is 2.14. The van der Waals surface area contributed by atoms with Crippen molar-refractivity contribution in [3.63, 3.8) is 0 Å². The van der Waals surface area contributed by atoms with Gasteiger partial charge in [-0.3, -0.25) is 4.79 Å². The van der Waals surface area contributed by atoms with Crippen molar-refractivity contribution in [1.29, 1.82) is 0 Å². The number of pyridine rings is 1. The second-order valence-electron chi connectivity index (χ2n) is 7.03. The molecule has 3 aromatic rings. The number of amides is 1. The molecule has 2 unspecified atom stereocenters. The maximum absolute atomic E-state index is 11.5. The van der Waals surface area contributed by atoms with E-state index in [1.54, 1.807) is 48.5 Å². The van der Waals surface area contributed by atoms with Gasteiger partial charge >= 0.3 is 0 Å². The molecule has 0 aliphatic rings. The summed E-state index contributed by atoms with van der Waals surface area (Å²) in [5.41, 5.74) is 7.22. The molecule has 0 saturated heterocycles. The van der Waals surface area contributed by atoms with Crippen molar-refractivity contribution in [1.82, 2.24) is 10.3 Å². The second-order valence-corrected chi connectivity index (χ2v) is 7.47. The molecule has 1 amide bonds. The molecular formula is C23H24ClN3O4. The average Bonchev–Trinajstić information content (AvgIpc) is 2.77. The highest BCUT2D eigenvalue weighted by atomic mass is 35.5. The van der Waals surface area contributed by atoms with Gasteiger partial charge < -0.3 is 26.0 Å². The predicted molar refractivity (Wildman–Crippen MR) is 118 cm³/mol. The smallest absolute Gasteiger partial charge is 0.254 e. The number of hydrogen-bond acceptors (Lipinski definition) is 6. The van der Waals surface area contributed by atoms with Crippen LogP contribution in [-0.2, 0) is 6.42 Å². The molecule has 2 atom stereocenters. The number of aliphatic hydroxyl groups is 2. The zero-order valence-electron chi connectivity index (χ0n) is 16.7. The summed E-state index contributed by atoms with van der Waals surface area (Å²) in [6.45, 7) is 0.193. The number of nitrogens with one attached hydrogen (secondary N) is 1. The van der Waals surface area contributed by atoms with Crippen molar-refractivity contribution >= 4 is 17.5 Å². The minimum absolute atomic E-state index is 0.0869. The SMILES string of the molecule is NC(=O)c1cccnc1Oc1ccc(CC(CO)NCC(O)c2cccc(Cl)c2)cc1. The van der Waals surface area contributed by atoms with E-state index in [0.717, 1.165) is 5.56 Å². The Morgan fingerprint density at radius 3 is 2.61 bits per heavy atom. The van der Waals surface area contributed by atoms with Crippen LogP contribution < -0.4 is 15.8 Å². The lowest BCUT2D eigenvalue weighted by Crippen LogP contribution is -2.37. The molecule has 1 heterocycles. The molecule has 0 aliphatic heterocycles. The van der Waals surface area contributed by atoms with Gasteiger partial charge in [0.05, 0.1) is 12.7 Å². The average molecular weight is 442 g/mol. The maximum atomic E-state index is 11.5. The fraction of sp³-hybridized carbons (Fsp3) is 0.217. The number of carbonyl (C=O) groups is 1. The van der Waals surface area contributed by atoms with Crippen LogP contribution in [0.4, 0.5) is 0 Å². The van der Waals surface area contributed by atoms with Crippen molar-refractivity contribution in [3.8, 4) is 11.6 Å². The third kappa shape index (κ3) is 6.50. The van der Waals surface area contributed by atoms with Gasteiger partial charge in [0.2, 0.25) is 5.88 Å². The van der Waals surface area contributed by atoms with Crippen LogP contribution in [0, 0.1) is 0 Å². The Morgan fingerprint density at radius 2 is 1.94 bits per heavy atom.